The van der Waals surface area contributed by atoms with Gasteiger partial charge in [0.15, 0.2) is 0 Å². The summed E-state index contributed by atoms with van der Waals surface area (Å²) in [6.07, 6.45) is -4.39. The van der Waals surface area contributed by atoms with Crippen LogP contribution in [0.25, 0.3) is 28.2 Å². The number of aromatic nitrogens is 2. The minimum absolute atomic E-state index is 0.0599. The maximum absolute atomic E-state index is 13.5. The van der Waals surface area contributed by atoms with Gasteiger partial charge in [-0.3, -0.25) is 0 Å². The first-order valence-electron chi connectivity index (χ1n) is 10.0. The maximum Gasteiger partial charge on any atom is 0.417 e. The fourth-order valence-electron chi connectivity index (χ4n) is 3.88. The van der Waals surface area contributed by atoms with Crippen molar-refractivity contribution in [2.45, 2.75) is 32.1 Å². The number of ether oxygens (including phenoxy) is 1. The predicted octanol–water partition coefficient (Wildman–Crippen LogP) is 7.10. The van der Waals surface area contributed by atoms with E-state index in [0.717, 1.165) is 18.9 Å². The summed E-state index contributed by atoms with van der Waals surface area (Å²) in [7, 11) is 0. The van der Waals surface area contributed by atoms with E-state index in [0.29, 0.717) is 36.7 Å². The van der Waals surface area contributed by atoms with Crippen molar-refractivity contribution in [2.75, 3.05) is 13.2 Å². The van der Waals surface area contributed by atoms with Crippen LogP contribution in [0, 0.1) is 5.41 Å². The minimum Gasteiger partial charge on any atom is -0.381 e. The molecule has 0 atom stereocenters. The van der Waals surface area contributed by atoms with Crippen LogP contribution in [0.4, 0.5) is 26.3 Å². The molecule has 1 aliphatic heterocycles. The van der Waals surface area contributed by atoms with Crippen molar-refractivity contribution in [2.24, 2.45) is 5.41 Å². The van der Waals surface area contributed by atoms with Crippen LogP contribution >= 0.6 is 0 Å². The van der Waals surface area contributed by atoms with Crippen LogP contribution in [0.5, 0.6) is 0 Å². The molecule has 1 N–H and O–H groups in total. The second-order valence-electron chi connectivity index (χ2n) is 8.18. The lowest BCUT2D eigenvalue weighted by Crippen LogP contribution is -2.24. The molecule has 3 nitrogen and oxygen atoms in total. The van der Waals surface area contributed by atoms with Crippen molar-refractivity contribution in [3.8, 4) is 11.1 Å². The highest BCUT2D eigenvalue weighted by Crippen LogP contribution is 2.44. The molecule has 0 unspecified atom stereocenters. The van der Waals surface area contributed by atoms with Crippen molar-refractivity contribution in [1.82, 2.24) is 9.97 Å². The second kappa shape index (κ2) is 7.95. The smallest absolute Gasteiger partial charge is 0.381 e. The molecule has 1 aromatic heterocycles. The number of alkyl halides is 6. The SMILES string of the molecule is CC1(/C=C/c2nc3cc(-c4c(C(F)(F)F)cccc4C(F)(F)F)ccc3[nH]2)CCOCC1. The van der Waals surface area contributed by atoms with Crippen LogP contribution in [0.2, 0.25) is 0 Å². The van der Waals surface area contributed by atoms with Gasteiger partial charge < -0.3 is 9.72 Å². The zero-order chi connectivity index (χ0) is 23.1. The van der Waals surface area contributed by atoms with Crippen molar-refractivity contribution < 1.29 is 31.1 Å². The van der Waals surface area contributed by atoms with E-state index < -0.39 is 29.0 Å². The van der Waals surface area contributed by atoms with E-state index in [1.807, 2.05) is 6.08 Å². The molecule has 0 bridgehead atoms. The highest BCUT2D eigenvalue weighted by atomic mass is 19.4. The van der Waals surface area contributed by atoms with Gasteiger partial charge in [-0.05, 0) is 54.2 Å². The highest BCUT2D eigenvalue weighted by molar-refractivity contribution is 5.85. The number of fused-ring (bicyclic) bond motifs is 1. The van der Waals surface area contributed by atoms with E-state index in [4.69, 9.17) is 4.74 Å². The minimum atomic E-state index is -4.94. The number of halogens is 6. The molecule has 4 rings (SSSR count). The number of nitrogens with one attached hydrogen (secondary N) is 1. The molecule has 0 radical (unpaired) electrons. The molecule has 9 heteroatoms. The zero-order valence-corrected chi connectivity index (χ0v) is 17.1. The third kappa shape index (κ3) is 4.53. The molecule has 0 aliphatic carbocycles. The van der Waals surface area contributed by atoms with Crippen molar-refractivity contribution >= 4 is 17.1 Å². The lowest BCUT2D eigenvalue weighted by molar-refractivity contribution is -0.142. The van der Waals surface area contributed by atoms with E-state index >= 15 is 0 Å². The fraction of sp³-hybridized carbons (Fsp3) is 0.348. The summed E-state index contributed by atoms with van der Waals surface area (Å²) in [4.78, 5) is 7.41. The number of rotatable bonds is 3. The quantitative estimate of drug-likeness (QED) is 0.429. The van der Waals surface area contributed by atoms with Crippen molar-refractivity contribution in [1.29, 1.82) is 0 Å². The lowest BCUT2D eigenvalue weighted by Gasteiger charge is -2.30. The number of H-pyrrole nitrogens is 1. The van der Waals surface area contributed by atoms with E-state index in [2.05, 4.69) is 16.9 Å². The Bertz CT molecular complexity index is 1120. The predicted molar refractivity (Wildman–Crippen MR) is 109 cm³/mol. The summed E-state index contributed by atoms with van der Waals surface area (Å²) >= 11 is 0. The molecular weight excluding hydrogens is 434 g/mol. The van der Waals surface area contributed by atoms with E-state index in [-0.39, 0.29) is 16.5 Å². The Morgan fingerprint density at radius 3 is 2.19 bits per heavy atom. The third-order valence-electron chi connectivity index (χ3n) is 5.74. The number of aromatic amines is 1. The average Bonchev–Trinajstić information content (AvgIpc) is 3.13. The summed E-state index contributed by atoms with van der Waals surface area (Å²) < 4.78 is 86.5. The van der Waals surface area contributed by atoms with Crippen LogP contribution in [0.1, 0.15) is 36.7 Å². The van der Waals surface area contributed by atoms with Crippen LogP contribution in [0.3, 0.4) is 0 Å². The number of benzene rings is 2. The van der Waals surface area contributed by atoms with Gasteiger partial charge in [0, 0.05) is 18.8 Å². The molecule has 1 saturated heterocycles. The van der Waals surface area contributed by atoms with Crippen LogP contribution in [0.15, 0.2) is 42.5 Å². The molecule has 1 fully saturated rings. The van der Waals surface area contributed by atoms with E-state index in [1.54, 1.807) is 6.08 Å². The van der Waals surface area contributed by atoms with E-state index in [9.17, 15) is 26.3 Å². The Morgan fingerprint density at radius 2 is 1.59 bits per heavy atom. The molecule has 0 amide bonds. The number of hydrogen-bond donors (Lipinski definition) is 1. The van der Waals surface area contributed by atoms with Gasteiger partial charge in [0.2, 0.25) is 0 Å². The van der Waals surface area contributed by atoms with Crippen molar-refractivity contribution in [3.63, 3.8) is 0 Å². The standard InChI is InChI=1S/C23H20F6N2O/c1-21(9-11-32-12-10-21)8-7-19-30-17-6-5-14(13-18(17)31-19)20-15(22(24,25)26)3-2-4-16(20)23(27,28)29/h2-8,13H,9-12H2,1H3,(H,30,31)/b8-7+. The Labute approximate surface area is 180 Å². The van der Waals surface area contributed by atoms with Crippen molar-refractivity contribution in [3.05, 3.63) is 59.4 Å². The summed E-state index contributed by atoms with van der Waals surface area (Å²) in [6.45, 7) is 3.41. The number of imidazole rings is 1. The summed E-state index contributed by atoms with van der Waals surface area (Å²) in [6, 6.07) is 6.01. The molecule has 32 heavy (non-hydrogen) atoms. The van der Waals surface area contributed by atoms with Gasteiger partial charge >= 0.3 is 12.4 Å². The molecular formula is C23H20F6N2O. The number of allylic oxidation sites excluding steroid dienone is 1. The highest BCUT2D eigenvalue weighted by Gasteiger charge is 2.41. The van der Waals surface area contributed by atoms with Crippen LogP contribution in [-0.2, 0) is 17.1 Å². The average molecular weight is 454 g/mol. The van der Waals surface area contributed by atoms with Crippen LogP contribution in [-0.4, -0.2) is 23.2 Å². The maximum atomic E-state index is 13.5. The van der Waals surface area contributed by atoms with Gasteiger partial charge in [0.1, 0.15) is 5.82 Å². The van der Waals surface area contributed by atoms with Gasteiger partial charge in [-0.15, -0.1) is 0 Å². The normalized spacial score (nSPS) is 17.3. The molecule has 2 aromatic carbocycles. The summed E-state index contributed by atoms with van der Waals surface area (Å²) in [5, 5.41) is 0. The zero-order valence-electron chi connectivity index (χ0n) is 17.1. The fourth-order valence-corrected chi connectivity index (χ4v) is 3.88. The van der Waals surface area contributed by atoms with Crippen LogP contribution < -0.4 is 0 Å². The lowest BCUT2D eigenvalue weighted by atomic mass is 9.82. The Kier molecular flexibility index (Phi) is 5.56. The first-order valence-corrected chi connectivity index (χ1v) is 10.0. The molecule has 170 valence electrons. The van der Waals surface area contributed by atoms with Gasteiger partial charge in [-0.25, -0.2) is 4.98 Å². The molecule has 3 aromatic rings. The topological polar surface area (TPSA) is 37.9 Å². The summed E-state index contributed by atoms with van der Waals surface area (Å²) in [5.74, 6) is 0.477. The summed E-state index contributed by atoms with van der Waals surface area (Å²) in [5.41, 5.74) is -3.03. The first-order chi connectivity index (χ1) is 15.0. The molecule has 2 heterocycles. The van der Waals surface area contributed by atoms with Gasteiger partial charge in [0.25, 0.3) is 0 Å². The number of nitrogens with zero attached hydrogens (tertiary/aromatic N) is 1. The molecule has 1 aliphatic rings. The Morgan fingerprint density at radius 1 is 0.969 bits per heavy atom. The Balaban J connectivity index is 1.77. The van der Waals surface area contributed by atoms with E-state index in [1.165, 1.54) is 18.2 Å². The largest absolute Gasteiger partial charge is 0.417 e. The monoisotopic (exact) mass is 454 g/mol. The van der Waals surface area contributed by atoms with Gasteiger partial charge in [-0.2, -0.15) is 26.3 Å². The number of hydrogen-bond acceptors (Lipinski definition) is 2. The third-order valence-corrected chi connectivity index (χ3v) is 5.74. The molecule has 0 spiro atoms. The second-order valence-corrected chi connectivity index (χ2v) is 8.18. The molecule has 0 saturated carbocycles. The first kappa shape index (κ1) is 22.4. The Hall–Kier alpha value is -2.81. The van der Waals surface area contributed by atoms with Gasteiger partial charge in [-0.1, -0.05) is 25.1 Å². The van der Waals surface area contributed by atoms with Gasteiger partial charge in [0.05, 0.1) is 22.2 Å².